The Bertz CT molecular complexity index is 729. The van der Waals surface area contributed by atoms with Gasteiger partial charge in [0.1, 0.15) is 5.76 Å². The van der Waals surface area contributed by atoms with Crippen molar-refractivity contribution >= 4 is 53.1 Å². The van der Waals surface area contributed by atoms with Gasteiger partial charge in [0.25, 0.3) is 0 Å². The zero-order valence-corrected chi connectivity index (χ0v) is 19.2. The number of hydrogen-bond donors (Lipinski definition) is 2. The van der Waals surface area contributed by atoms with Gasteiger partial charge in [-0.2, -0.15) is 0 Å². The second-order valence-electron chi connectivity index (χ2n) is 5.95. The Morgan fingerprint density at radius 1 is 1.27 bits per heavy atom. The van der Waals surface area contributed by atoms with Crippen LogP contribution in [0.4, 0.5) is 0 Å². The number of nitrogens with one attached hydrogen (secondary N) is 2. The van der Waals surface area contributed by atoms with E-state index < -0.39 is 0 Å². The van der Waals surface area contributed by atoms with Crippen molar-refractivity contribution in [1.29, 1.82) is 0 Å². The largest absolute Gasteiger partial charge is 0.361 e. The molecule has 26 heavy (non-hydrogen) atoms. The minimum absolute atomic E-state index is 0. The quantitative estimate of drug-likeness (QED) is 0.323. The molecule has 1 unspecified atom stereocenters. The van der Waals surface area contributed by atoms with Gasteiger partial charge in [-0.1, -0.05) is 41.3 Å². The molecular weight excluding hydrogens is 486 g/mol. The van der Waals surface area contributed by atoms with E-state index in [2.05, 4.69) is 27.7 Å². The van der Waals surface area contributed by atoms with Crippen LogP contribution in [0.2, 0.25) is 10.0 Å². The number of benzene rings is 1. The summed E-state index contributed by atoms with van der Waals surface area (Å²) in [6, 6.07) is 5.44. The van der Waals surface area contributed by atoms with Gasteiger partial charge in [0.2, 0.25) is 0 Å². The van der Waals surface area contributed by atoms with Gasteiger partial charge in [-0.3, -0.25) is 0 Å². The monoisotopic (exact) mass is 510 g/mol. The molecule has 0 fully saturated rings. The molecule has 5 nitrogen and oxygen atoms in total. The lowest BCUT2D eigenvalue weighted by atomic mass is 10.00. The predicted molar refractivity (Wildman–Crippen MR) is 119 cm³/mol. The molecular formula is C18H25Cl2IN4O. The summed E-state index contributed by atoms with van der Waals surface area (Å²) in [5, 5.41) is 11.9. The molecule has 0 aliphatic rings. The molecule has 2 aromatic rings. The molecule has 8 heteroatoms. The summed E-state index contributed by atoms with van der Waals surface area (Å²) in [5.74, 6) is 1.86. The Morgan fingerprint density at radius 3 is 2.58 bits per heavy atom. The number of hydrogen-bond acceptors (Lipinski definition) is 3. The normalized spacial score (nSPS) is 12.5. The fourth-order valence-corrected chi connectivity index (χ4v) is 3.17. The molecule has 1 heterocycles. The minimum Gasteiger partial charge on any atom is -0.361 e. The van der Waals surface area contributed by atoms with E-state index in [0.29, 0.717) is 16.6 Å². The second-order valence-corrected chi connectivity index (χ2v) is 6.79. The summed E-state index contributed by atoms with van der Waals surface area (Å²) in [5.41, 5.74) is 3.01. The predicted octanol–water partition coefficient (Wildman–Crippen LogP) is 5.08. The van der Waals surface area contributed by atoms with Crippen LogP contribution in [0.15, 0.2) is 27.7 Å². The van der Waals surface area contributed by atoms with E-state index in [1.807, 2.05) is 32.9 Å². The van der Waals surface area contributed by atoms with Gasteiger partial charge in [-0.05, 0) is 38.5 Å². The molecule has 0 bridgehead atoms. The Kier molecular flexibility index (Phi) is 9.74. The lowest BCUT2D eigenvalue weighted by Crippen LogP contribution is -2.39. The summed E-state index contributed by atoms with van der Waals surface area (Å²) in [6.45, 7) is 10.1. The first-order chi connectivity index (χ1) is 11.9. The smallest absolute Gasteiger partial charge is 0.191 e. The molecule has 1 aromatic heterocycles. The summed E-state index contributed by atoms with van der Waals surface area (Å²) >= 11 is 12.1. The zero-order valence-electron chi connectivity index (χ0n) is 15.4. The fourth-order valence-electron chi connectivity index (χ4n) is 2.70. The molecule has 0 saturated heterocycles. The third-order valence-electron chi connectivity index (χ3n) is 3.92. The van der Waals surface area contributed by atoms with Crippen LogP contribution in [0.3, 0.4) is 0 Å². The lowest BCUT2D eigenvalue weighted by Gasteiger charge is -2.16. The molecule has 0 saturated carbocycles. The van der Waals surface area contributed by atoms with E-state index in [1.54, 1.807) is 6.07 Å². The molecule has 1 atom stereocenters. The average molecular weight is 511 g/mol. The fraction of sp³-hybridized carbons (Fsp3) is 0.444. The molecule has 2 rings (SSSR count). The van der Waals surface area contributed by atoms with Gasteiger partial charge < -0.3 is 15.2 Å². The van der Waals surface area contributed by atoms with Crippen molar-refractivity contribution in [1.82, 2.24) is 15.8 Å². The first kappa shape index (κ1) is 23.0. The van der Waals surface area contributed by atoms with Crippen LogP contribution in [0.5, 0.6) is 0 Å². The zero-order chi connectivity index (χ0) is 18.4. The molecule has 1 aromatic carbocycles. The molecule has 144 valence electrons. The van der Waals surface area contributed by atoms with E-state index in [9.17, 15) is 0 Å². The van der Waals surface area contributed by atoms with E-state index in [4.69, 9.17) is 27.7 Å². The summed E-state index contributed by atoms with van der Waals surface area (Å²) in [7, 11) is 0. The highest BCUT2D eigenvalue weighted by Gasteiger charge is 2.16. The van der Waals surface area contributed by atoms with Crippen LogP contribution in [0.1, 0.15) is 42.3 Å². The van der Waals surface area contributed by atoms with Gasteiger partial charge in [0.15, 0.2) is 5.96 Å². The molecule has 0 spiro atoms. The van der Waals surface area contributed by atoms with Gasteiger partial charge in [0, 0.05) is 34.6 Å². The first-order valence-electron chi connectivity index (χ1n) is 8.31. The van der Waals surface area contributed by atoms with Crippen LogP contribution >= 0.6 is 47.2 Å². The van der Waals surface area contributed by atoms with Crippen LogP contribution in [-0.2, 0) is 6.54 Å². The van der Waals surface area contributed by atoms with Gasteiger partial charge in [-0.15, -0.1) is 24.0 Å². The standard InChI is InChI=1S/C18H24Cl2N4O.HI/c1-5-21-18(23-10-14-6-7-15(19)8-16(14)20)22-9-11(2)17-12(3)24-25-13(17)4;/h6-8,11H,5,9-10H2,1-4H3,(H2,21,22,23);1H. The van der Waals surface area contributed by atoms with Crippen LogP contribution in [0.25, 0.3) is 0 Å². The molecule has 0 amide bonds. The van der Waals surface area contributed by atoms with Gasteiger partial charge in [0.05, 0.1) is 12.2 Å². The average Bonchev–Trinajstić information content (AvgIpc) is 2.90. The van der Waals surface area contributed by atoms with E-state index in [-0.39, 0.29) is 29.9 Å². The molecule has 0 aliphatic heterocycles. The highest BCUT2D eigenvalue weighted by Crippen LogP contribution is 2.23. The Labute approximate surface area is 181 Å². The van der Waals surface area contributed by atoms with E-state index in [0.717, 1.165) is 41.6 Å². The SMILES string of the molecule is CCNC(=NCc1ccc(Cl)cc1Cl)NCC(C)c1c(C)noc1C.I. The van der Waals surface area contributed by atoms with Crippen molar-refractivity contribution in [3.63, 3.8) is 0 Å². The van der Waals surface area contributed by atoms with E-state index in [1.165, 1.54) is 0 Å². The third kappa shape index (κ3) is 6.32. The molecule has 0 aliphatic carbocycles. The third-order valence-corrected chi connectivity index (χ3v) is 4.51. The maximum absolute atomic E-state index is 6.21. The molecule has 0 radical (unpaired) electrons. The van der Waals surface area contributed by atoms with Crippen molar-refractivity contribution in [3.8, 4) is 0 Å². The van der Waals surface area contributed by atoms with Crippen molar-refractivity contribution in [2.75, 3.05) is 13.1 Å². The maximum Gasteiger partial charge on any atom is 0.191 e. The molecule has 2 N–H and O–H groups in total. The number of aromatic nitrogens is 1. The van der Waals surface area contributed by atoms with Crippen LogP contribution < -0.4 is 10.6 Å². The number of aryl methyl sites for hydroxylation is 2. The van der Waals surface area contributed by atoms with Crippen molar-refractivity contribution in [3.05, 3.63) is 50.8 Å². The van der Waals surface area contributed by atoms with Crippen molar-refractivity contribution in [2.45, 2.75) is 40.2 Å². The Hall–Kier alpha value is -0.990. The summed E-state index contributed by atoms with van der Waals surface area (Å²) in [4.78, 5) is 4.60. The Balaban J connectivity index is 0.00000338. The lowest BCUT2D eigenvalue weighted by molar-refractivity contribution is 0.391. The van der Waals surface area contributed by atoms with E-state index >= 15 is 0 Å². The highest BCUT2D eigenvalue weighted by molar-refractivity contribution is 14.0. The number of aliphatic imine (C=N–C) groups is 1. The maximum atomic E-state index is 6.21. The summed E-state index contributed by atoms with van der Waals surface area (Å²) < 4.78 is 5.25. The number of halogens is 3. The van der Waals surface area contributed by atoms with Gasteiger partial charge >= 0.3 is 0 Å². The Morgan fingerprint density at radius 2 is 2.00 bits per heavy atom. The highest BCUT2D eigenvalue weighted by atomic mass is 127. The van der Waals surface area contributed by atoms with Crippen LogP contribution in [-0.4, -0.2) is 24.2 Å². The van der Waals surface area contributed by atoms with Crippen LogP contribution in [0, 0.1) is 13.8 Å². The van der Waals surface area contributed by atoms with Crippen molar-refractivity contribution < 1.29 is 4.52 Å². The number of nitrogens with zero attached hydrogens (tertiary/aromatic N) is 2. The summed E-state index contributed by atoms with van der Waals surface area (Å²) in [6.07, 6.45) is 0. The number of rotatable bonds is 6. The first-order valence-corrected chi connectivity index (χ1v) is 9.06. The number of guanidine groups is 1. The van der Waals surface area contributed by atoms with Gasteiger partial charge in [-0.25, -0.2) is 4.99 Å². The van der Waals surface area contributed by atoms with Crippen molar-refractivity contribution in [2.24, 2.45) is 4.99 Å². The second kappa shape index (κ2) is 11.0. The minimum atomic E-state index is 0. The topological polar surface area (TPSA) is 62.5 Å².